The number of nitrogens with zero attached hydrogens (tertiary/aromatic N) is 1. The maximum atomic E-state index is 12.2. The van der Waals surface area contributed by atoms with Crippen LogP contribution in [-0.4, -0.2) is 32.0 Å². The van der Waals surface area contributed by atoms with Crippen LogP contribution in [-0.2, 0) is 16.0 Å². The number of hydrogen-bond acceptors (Lipinski definition) is 3. The molecule has 0 spiro atoms. The number of hydrogen-bond donors (Lipinski definition) is 1. The Labute approximate surface area is 147 Å². The Morgan fingerprint density at radius 1 is 1.16 bits per heavy atom. The van der Waals surface area contributed by atoms with Gasteiger partial charge in [0.05, 0.1) is 13.5 Å². The topological polar surface area (TPSA) is 58.6 Å². The smallest absolute Gasteiger partial charge is 0.227 e. The van der Waals surface area contributed by atoms with Gasteiger partial charge in [-0.2, -0.15) is 0 Å². The van der Waals surface area contributed by atoms with Crippen molar-refractivity contribution in [3.63, 3.8) is 0 Å². The van der Waals surface area contributed by atoms with Crippen molar-refractivity contribution in [3.8, 4) is 5.75 Å². The van der Waals surface area contributed by atoms with Crippen LogP contribution in [0.1, 0.15) is 12.0 Å². The zero-order chi connectivity index (χ0) is 17.6. The highest BCUT2D eigenvalue weighted by atomic mass is 16.5. The van der Waals surface area contributed by atoms with E-state index in [0.717, 1.165) is 17.0 Å². The molecule has 2 aromatic carbocycles. The zero-order valence-corrected chi connectivity index (χ0v) is 14.3. The average Bonchev–Trinajstić information content (AvgIpc) is 3.02. The third-order valence-electron chi connectivity index (χ3n) is 4.38. The van der Waals surface area contributed by atoms with Crippen LogP contribution in [0.4, 0.5) is 5.69 Å². The van der Waals surface area contributed by atoms with Crippen molar-refractivity contribution in [2.45, 2.75) is 12.8 Å². The van der Waals surface area contributed by atoms with Crippen LogP contribution in [0.25, 0.3) is 0 Å². The Hall–Kier alpha value is -2.82. The molecule has 1 aliphatic heterocycles. The molecule has 1 heterocycles. The van der Waals surface area contributed by atoms with Crippen molar-refractivity contribution < 1.29 is 14.3 Å². The van der Waals surface area contributed by atoms with E-state index in [1.54, 1.807) is 12.0 Å². The lowest BCUT2D eigenvalue weighted by Gasteiger charge is -2.16. The highest BCUT2D eigenvalue weighted by molar-refractivity contribution is 5.95. The van der Waals surface area contributed by atoms with Crippen LogP contribution in [0.15, 0.2) is 54.6 Å². The summed E-state index contributed by atoms with van der Waals surface area (Å²) in [5.41, 5.74) is 1.85. The molecule has 1 N–H and O–H groups in total. The Morgan fingerprint density at radius 3 is 2.56 bits per heavy atom. The highest BCUT2D eigenvalue weighted by Crippen LogP contribution is 2.24. The summed E-state index contributed by atoms with van der Waals surface area (Å²) in [6, 6.07) is 17.1. The van der Waals surface area contributed by atoms with Crippen LogP contribution in [0.3, 0.4) is 0 Å². The van der Waals surface area contributed by atoms with E-state index >= 15 is 0 Å². The number of methoxy groups -OCH3 is 1. The van der Waals surface area contributed by atoms with Gasteiger partial charge in [-0.15, -0.1) is 0 Å². The van der Waals surface area contributed by atoms with Gasteiger partial charge in [-0.05, 0) is 29.8 Å². The highest BCUT2D eigenvalue weighted by Gasteiger charge is 2.30. The molecular weight excluding hydrogens is 316 g/mol. The fraction of sp³-hybridized carbons (Fsp3) is 0.300. The largest absolute Gasteiger partial charge is 0.497 e. The molecule has 2 aromatic rings. The molecule has 1 unspecified atom stereocenters. The molecule has 1 fully saturated rings. The van der Waals surface area contributed by atoms with Crippen LogP contribution >= 0.6 is 0 Å². The Balaban J connectivity index is 1.48. The second-order valence-electron chi connectivity index (χ2n) is 6.24. The van der Waals surface area contributed by atoms with E-state index in [9.17, 15) is 9.59 Å². The molecule has 130 valence electrons. The fourth-order valence-electron chi connectivity index (χ4n) is 3.03. The van der Waals surface area contributed by atoms with E-state index in [0.29, 0.717) is 25.9 Å². The summed E-state index contributed by atoms with van der Waals surface area (Å²) < 4.78 is 5.11. The molecule has 0 aromatic heterocycles. The van der Waals surface area contributed by atoms with E-state index < -0.39 is 0 Å². The lowest BCUT2D eigenvalue weighted by atomic mass is 10.1. The molecule has 0 radical (unpaired) electrons. The van der Waals surface area contributed by atoms with Crippen molar-refractivity contribution in [3.05, 3.63) is 60.2 Å². The molecule has 3 rings (SSSR count). The van der Waals surface area contributed by atoms with E-state index in [1.807, 2.05) is 54.6 Å². The molecule has 2 amide bonds. The van der Waals surface area contributed by atoms with Crippen LogP contribution in [0.5, 0.6) is 5.75 Å². The minimum Gasteiger partial charge on any atom is -0.497 e. The summed E-state index contributed by atoms with van der Waals surface area (Å²) in [6.07, 6.45) is 0.796. The average molecular weight is 338 g/mol. The van der Waals surface area contributed by atoms with Crippen LogP contribution in [0, 0.1) is 5.92 Å². The molecule has 0 saturated carbocycles. The number of nitrogens with one attached hydrogen (secondary N) is 1. The van der Waals surface area contributed by atoms with Crippen molar-refractivity contribution in [2.75, 3.05) is 25.1 Å². The SMILES string of the molecule is COc1ccc(CC(=O)NCC2CC(=O)N(c3ccccc3)C2)cc1. The quantitative estimate of drug-likeness (QED) is 0.880. The number of para-hydroxylation sites is 1. The first-order valence-electron chi connectivity index (χ1n) is 8.41. The Bertz CT molecular complexity index is 728. The molecule has 0 aliphatic carbocycles. The predicted molar refractivity (Wildman–Crippen MR) is 96.6 cm³/mol. The van der Waals surface area contributed by atoms with Crippen molar-refractivity contribution in [1.82, 2.24) is 5.32 Å². The summed E-state index contributed by atoms with van der Waals surface area (Å²) >= 11 is 0. The lowest BCUT2D eigenvalue weighted by molar-refractivity contribution is -0.121. The third kappa shape index (κ3) is 4.38. The molecular formula is C20H22N2O3. The number of benzene rings is 2. The number of amides is 2. The van der Waals surface area contributed by atoms with Gasteiger partial charge in [0.2, 0.25) is 11.8 Å². The second-order valence-corrected chi connectivity index (χ2v) is 6.24. The summed E-state index contributed by atoms with van der Waals surface area (Å²) in [6.45, 7) is 1.16. The fourth-order valence-corrected chi connectivity index (χ4v) is 3.03. The van der Waals surface area contributed by atoms with Crippen LogP contribution in [0.2, 0.25) is 0 Å². The van der Waals surface area contributed by atoms with Gasteiger partial charge in [-0.1, -0.05) is 30.3 Å². The molecule has 5 nitrogen and oxygen atoms in total. The Kier molecular flexibility index (Phi) is 5.33. The van der Waals surface area contributed by atoms with Gasteiger partial charge in [0, 0.05) is 31.1 Å². The van der Waals surface area contributed by atoms with Gasteiger partial charge in [0.15, 0.2) is 0 Å². The molecule has 5 heteroatoms. The zero-order valence-electron chi connectivity index (χ0n) is 14.3. The van der Waals surface area contributed by atoms with E-state index in [1.165, 1.54) is 0 Å². The lowest BCUT2D eigenvalue weighted by Crippen LogP contribution is -2.32. The molecule has 0 bridgehead atoms. The monoisotopic (exact) mass is 338 g/mol. The predicted octanol–water partition coefficient (Wildman–Crippen LogP) is 2.41. The van der Waals surface area contributed by atoms with Crippen LogP contribution < -0.4 is 15.0 Å². The van der Waals surface area contributed by atoms with Crippen molar-refractivity contribution >= 4 is 17.5 Å². The normalized spacial score (nSPS) is 16.8. The second kappa shape index (κ2) is 7.83. The molecule has 1 aliphatic rings. The number of anilines is 1. The van der Waals surface area contributed by atoms with E-state index in [4.69, 9.17) is 4.74 Å². The first-order chi connectivity index (χ1) is 12.2. The number of ether oxygens (including phenoxy) is 1. The molecule has 1 atom stereocenters. The summed E-state index contributed by atoms with van der Waals surface area (Å²) in [7, 11) is 1.61. The minimum atomic E-state index is -0.0317. The van der Waals surface area contributed by atoms with Gasteiger partial charge < -0.3 is 15.0 Å². The molecule has 25 heavy (non-hydrogen) atoms. The standard InChI is InChI=1S/C20H22N2O3/c1-25-18-9-7-15(8-10-18)11-19(23)21-13-16-12-20(24)22(14-16)17-5-3-2-4-6-17/h2-10,16H,11-14H2,1H3,(H,21,23). The van der Waals surface area contributed by atoms with Gasteiger partial charge in [0.1, 0.15) is 5.75 Å². The third-order valence-corrected chi connectivity index (χ3v) is 4.38. The van der Waals surface area contributed by atoms with Gasteiger partial charge in [-0.3, -0.25) is 9.59 Å². The van der Waals surface area contributed by atoms with Gasteiger partial charge in [0.25, 0.3) is 0 Å². The van der Waals surface area contributed by atoms with E-state index in [2.05, 4.69) is 5.32 Å². The summed E-state index contributed by atoms with van der Waals surface area (Å²) in [4.78, 5) is 26.1. The van der Waals surface area contributed by atoms with Gasteiger partial charge >= 0.3 is 0 Å². The number of carbonyl (C=O) groups excluding carboxylic acids is 2. The maximum absolute atomic E-state index is 12.2. The first kappa shape index (κ1) is 17.0. The van der Waals surface area contributed by atoms with Crippen molar-refractivity contribution in [2.24, 2.45) is 5.92 Å². The first-order valence-corrected chi connectivity index (χ1v) is 8.41. The Morgan fingerprint density at radius 2 is 1.88 bits per heavy atom. The molecule has 1 saturated heterocycles. The number of rotatable bonds is 6. The van der Waals surface area contributed by atoms with Gasteiger partial charge in [-0.25, -0.2) is 0 Å². The maximum Gasteiger partial charge on any atom is 0.227 e. The summed E-state index contributed by atoms with van der Waals surface area (Å²) in [5.74, 6) is 0.999. The van der Waals surface area contributed by atoms with Crippen molar-refractivity contribution in [1.29, 1.82) is 0 Å². The van der Waals surface area contributed by atoms with E-state index in [-0.39, 0.29) is 17.7 Å². The summed E-state index contributed by atoms with van der Waals surface area (Å²) in [5, 5.41) is 2.95. The minimum absolute atomic E-state index is 0.0317. The number of carbonyl (C=O) groups is 2.